The van der Waals surface area contributed by atoms with Gasteiger partial charge < -0.3 is 22.1 Å². The largest absolute Gasteiger partial charge is 2.00 e. The quantitative estimate of drug-likeness (QED) is 0.553. The van der Waals surface area contributed by atoms with Gasteiger partial charge >= 0.3 is 23.1 Å². The Kier molecular flexibility index (Phi) is 7.13. The van der Waals surface area contributed by atoms with Gasteiger partial charge in [0, 0.05) is 0 Å². The predicted octanol–water partition coefficient (Wildman–Crippen LogP) is -1.01. The van der Waals surface area contributed by atoms with E-state index in [1.54, 1.807) is 6.07 Å². The standard InChI is InChI=1S/C11H16O.BrH.Mg/c1-8-5-6-10(12)9(7-8)11(2,3)4;;/h5-7,12H,1-4H3;1H;/q;;+2/p-2. The van der Waals surface area contributed by atoms with Crippen LogP contribution in [0.15, 0.2) is 18.2 Å². The van der Waals surface area contributed by atoms with Crippen LogP contribution in [0, 0.1) is 6.92 Å². The molecular formula is C11H15BrMgO. The van der Waals surface area contributed by atoms with Crippen molar-refractivity contribution >= 4 is 23.1 Å². The number of hydrogen-bond donors (Lipinski definition) is 0. The van der Waals surface area contributed by atoms with E-state index in [0.717, 1.165) is 11.1 Å². The van der Waals surface area contributed by atoms with Crippen LogP contribution in [0.25, 0.3) is 0 Å². The average Bonchev–Trinajstić information content (AvgIpc) is 1.92. The maximum absolute atomic E-state index is 11.4. The molecule has 74 valence electrons. The minimum atomic E-state index is -0.0386. The molecule has 0 bridgehead atoms. The van der Waals surface area contributed by atoms with Crippen LogP contribution in [0.5, 0.6) is 5.75 Å². The third-order valence-corrected chi connectivity index (χ3v) is 1.94. The summed E-state index contributed by atoms with van der Waals surface area (Å²) >= 11 is 0. The second-order valence-electron chi connectivity index (χ2n) is 4.25. The molecule has 1 rings (SSSR count). The Morgan fingerprint density at radius 2 is 1.64 bits per heavy atom. The van der Waals surface area contributed by atoms with E-state index in [9.17, 15) is 5.11 Å². The van der Waals surface area contributed by atoms with Crippen LogP contribution in [-0.4, -0.2) is 23.1 Å². The first kappa shape index (κ1) is 16.7. The van der Waals surface area contributed by atoms with Gasteiger partial charge in [-0.25, -0.2) is 0 Å². The van der Waals surface area contributed by atoms with Crippen LogP contribution in [0.3, 0.4) is 0 Å². The second kappa shape index (κ2) is 5.98. The fraction of sp³-hybridized carbons (Fsp3) is 0.455. The normalized spacial score (nSPS) is 10.0. The zero-order valence-electron chi connectivity index (χ0n) is 9.23. The van der Waals surface area contributed by atoms with Crippen LogP contribution in [0.1, 0.15) is 31.9 Å². The minimum Gasteiger partial charge on any atom is -1.00 e. The van der Waals surface area contributed by atoms with E-state index in [2.05, 4.69) is 20.8 Å². The van der Waals surface area contributed by atoms with Crippen molar-refractivity contribution < 1.29 is 22.1 Å². The first-order valence-electron chi connectivity index (χ1n) is 4.19. The summed E-state index contributed by atoms with van der Waals surface area (Å²) in [7, 11) is 0. The predicted molar refractivity (Wildman–Crippen MR) is 55.1 cm³/mol. The third-order valence-electron chi connectivity index (χ3n) is 1.94. The van der Waals surface area contributed by atoms with Gasteiger partial charge in [-0.05, 0) is 12.3 Å². The molecule has 0 fully saturated rings. The summed E-state index contributed by atoms with van der Waals surface area (Å²) in [4.78, 5) is 0. The monoisotopic (exact) mass is 266 g/mol. The first-order chi connectivity index (χ1) is 5.41. The molecule has 0 aliphatic heterocycles. The van der Waals surface area contributed by atoms with Gasteiger partial charge in [-0.15, -0.1) is 5.75 Å². The van der Waals surface area contributed by atoms with Gasteiger partial charge in [-0.2, -0.15) is 0 Å². The Bertz CT molecular complexity index is 292. The second-order valence-corrected chi connectivity index (χ2v) is 4.25. The molecule has 1 nitrogen and oxygen atoms in total. The van der Waals surface area contributed by atoms with E-state index in [-0.39, 0.29) is 51.2 Å². The number of benzene rings is 1. The zero-order chi connectivity index (χ0) is 9.35. The van der Waals surface area contributed by atoms with Crippen LogP contribution in [-0.2, 0) is 5.41 Å². The molecule has 0 saturated carbocycles. The van der Waals surface area contributed by atoms with Crippen molar-refractivity contribution in [3.05, 3.63) is 29.3 Å². The molecule has 0 amide bonds. The summed E-state index contributed by atoms with van der Waals surface area (Å²) in [5.41, 5.74) is 2.02. The van der Waals surface area contributed by atoms with Crippen molar-refractivity contribution in [2.24, 2.45) is 0 Å². The van der Waals surface area contributed by atoms with Crippen LogP contribution in [0.2, 0.25) is 0 Å². The summed E-state index contributed by atoms with van der Waals surface area (Å²) in [6.45, 7) is 8.18. The van der Waals surface area contributed by atoms with Gasteiger partial charge in [0.05, 0.1) is 0 Å². The molecule has 0 saturated heterocycles. The summed E-state index contributed by atoms with van der Waals surface area (Å²) in [6, 6.07) is 5.48. The summed E-state index contributed by atoms with van der Waals surface area (Å²) in [5.74, 6) is 0.146. The van der Waals surface area contributed by atoms with Gasteiger partial charge in [0.15, 0.2) is 0 Å². The Morgan fingerprint density at radius 1 is 1.14 bits per heavy atom. The molecule has 1 aromatic rings. The molecule has 0 unspecified atom stereocenters. The van der Waals surface area contributed by atoms with Crippen molar-refractivity contribution in [1.82, 2.24) is 0 Å². The van der Waals surface area contributed by atoms with E-state index in [4.69, 9.17) is 0 Å². The van der Waals surface area contributed by atoms with Crippen molar-refractivity contribution in [2.75, 3.05) is 0 Å². The molecule has 0 radical (unpaired) electrons. The maximum Gasteiger partial charge on any atom is 2.00 e. The van der Waals surface area contributed by atoms with E-state index < -0.39 is 0 Å². The fourth-order valence-electron chi connectivity index (χ4n) is 1.23. The number of hydrogen-bond acceptors (Lipinski definition) is 1. The zero-order valence-corrected chi connectivity index (χ0v) is 12.2. The Hall–Kier alpha value is 0.266. The summed E-state index contributed by atoms with van der Waals surface area (Å²) < 4.78 is 0. The third kappa shape index (κ3) is 4.19. The average molecular weight is 267 g/mol. The van der Waals surface area contributed by atoms with E-state index in [0.29, 0.717) is 0 Å². The van der Waals surface area contributed by atoms with Gasteiger partial charge in [-0.1, -0.05) is 50.1 Å². The SMILES string of the molecule is Cc1ccc([O-])c(C(C)(C)C)c1.[Br-].[Mg+2]. The smallest absolute Gasteiger partial charge is 1.00 e. The molecule has 3 heteroatoms. The minimum absolute atomic E-state index is 0. The van der Waals surface area contributed by atoms with Gasteiger partial charge in [0.2, 0.25) is 0 Å². The maximum atomic E-state index is 11.4. The molecule has 0 heterocycles. The molecule has 0 N–H and O–H groups in total. The molecule has 0 spiro atoms. The first-order valence-corrected chi connectivity index (χ1v) is 4.19. The molecular weight excluding hydrogens is 252 g/mol. The van der Waals surface area contributed by atoms with Crippen molar-refractivity contribution in [2.45, 2.75) is 33.1 Å². The van der Waals surface area contributed by atoms with Gasteiger partial charge in [0.1, 0.15) is 0 Å². The Morgan fingerprint density at radius 3 is 2.00 bits per heavy atom. The molecule has 0 aromatic heterocycles. The Labute approximate surface area is 113 Å². The molecule has 0 atom stereocenters. The van der Waals surface area contributed by atoms with Crippen molar-refractivity contribution in [3.63, 3.8) is 0 Å². The summed E-state index contributed by atoms with van der Waals surface area (Å²) in [6.07, 6.45) is 0. The Balaban J connectivity index is 0. The van der Waals surface area contributed by atoms with Crippen molar-refractivity contribution in [3.8, 4) is 5.75 Å². The number of rotatable bonds is 0. The summed E-state index contributed by atoms with van der Waals surface area (Å²) in [5, 5.41) is 11.4. The number of aryl methyl sites for hydroxylation is 1. The van der Waals surface area contributed by atoms with Gasteiger partial charge in [0.25, 0.3) is 0 Å². The van der Waals surface area contributed by atoms with Crippen LogP contribution in [0.4, 0.5) is 0 Å². The van der Waals surface area contributed by atoms with E-state index in [1.165, 1.54) is 0 Å². The van der Waals surface area contributed by atoms with Crippen LogP contribution >= 0.6 is 0 Å². The molecule has 0 aliphatic rings. The van der Waals surface area contributed by atoms with E-state index in [1.807, 2.05) is 19.1 Å². The van der Waals surface area contributed by atoms with Gasteiger partial charge in [-0.3, -0.25) is 0 Å². The fourth-order valence-corrected chi connectivity index (χ4v) is 1.23. The van der Waals surface area contributed by atoms with E-state index >= 15 is 0 Å². The molecule has 14 heavy (non-hydrogen) atoms. The topological polar surface area (TPSA) is 23.1 Å². The number of halogens is 1. The molecule has 1 aromatic carbocycles. The van der Waals surface area contributed by atoms with Crippen molar-refractivity contribution in [1.29, 1.82) is 0 Å². The van der Waals surface area contributed by atoms with Crippen LogP contribution < -0.4 is 22.1 Å². The molecule has 0 aliphatic carbocycles.